The van der Waals surface area contributed by atoms with Crippen molar-refractivity contribution in [3.63, 3.8) is 0 Å². The zero-order valence-electron chi connectivity index (χ0n) is 11.6. The van der Waals surface area contributed by atoms with Crippen molar-refractivity contribution in [3.8, 4) is 17.3 Å². The van der Waals surface area contributed by atoms with Gasteiger partial charge in [-0.1, -0.05) is 21.1 Å². The molecule has 3 rings (SSSR count). The van der Waals surface area contributed by atoms with E-state index in [9.17, 15) is 10.1 Å². The molecule has 2 heterocycles. The van der Waals surface area contributed by atoms with Crippen LogP contribution in [0.2, 0.25) is 0 Å². The van der Waals surface area contributed by atoms with Gasteiger partial charge in [0.25, 0.3) is 5.69 Å². The molecule has 0 amide bonds. The maximum absolute atomic E-state index is 10.9. The van der Waals surface area contributed by atoms with Crippen molar-refractivity contribution in [2.24, 2.45) is 0 Å². The largest absolute Gasteiger partial charge is 0.485 e. The van der Waals surface area contributed by atoms with E-state index in [-0.39, 0.29) is 23.7 Å². The number of rotatable bonds is 5. The maximum Gasteiger partial charge on any atom is 0.297 e. The van der Waals surface area contributed by atoms with Crippen molar-refractivity contribution in [2.45, 2.75) is 6.61 Å². The zero-order chi connectivity index (χ0) is 16.4. The van der Waals surface area contributed by atoms with Crippen LogP contribution < -0.4 is 10.5 Å². The third-order valence-corrected chi connectivity index (χ3v) is 3.44. The number of nitro groups is 1. The molecule has 0 spiro atoms. The Morgan fingerprint density at radius 2 is 2.17 bits per heavy atom. The molecule has 9 heteroatoms. The van der Waals surface area contributed by atoms with Gasteiger partial charge in [-0.05, 0) is 18.2 Å². The molecule has 8 nitrogen and oxygen atoms in total. The number of ether oxygens (including phenoxy) is 1. The number of halogens is 1. The summed E-state index contributed by atoms with van der Waals surface area (Å²) in [6.07, 6.45) is 1.52. The summed E-state index contributed by atoms with van der Waals surface area (Å²) < 4.78 is 16.3. The van der Waals surface area contributed by atoms with E-state index in [2.05, 4.69) is 21.1 Å². The highest BCUT2D eigenvalue weighted by Crippen LogP contribution is 2.35. The van der Waals surface area contributed by atoms with E-state index in [0.717, 1.165) is 0 Å². The van der Waals surface area contributed by atoms with Crippen LogP contribution in [0.15, 0.2) is 50.0 Å². The van der Waals surface area contributed by atoms with Gasteiger partial charge in [-0.15, -0.1) is 0 Å². The summed E-state index contributed by atoms with van der Waals surface area (Å²) in [6, 6.07) is 7.99. The van der Waals surface area contributed by atoms with Crippen LogP contribution in [0.5, 0.6) is 5.75 Å². The van der Waals surface area contributed by atoms with E-state index in [0.29, 0.717) is 21.7 Å². The molecule has 1 aromatic carbocycles. The van der Waals surface area contributed by atoms with Crippen LogP contribution in [0.1, 0.15) is 5.69 Å². The first-order valence-electron chi connectivity index (χ1n) is 6.40. The number of nitro benzene ring substituents is 1. The molecule has 0 aliphatic heterocycles. The summed E-state index contributed by atoms with van der Waals surface area (Å²) in [5.74, 6) is 1.19. The second-order valence-electron chi connectivity index (χ2n) is 4.54. The summed E-state index contributed by atoms with van der Waals surface area (Å²) in [4.78, 5) is 10.4. The Hall–Kier alpha value is -2.81. The second kappa shape index (κ2) is 6.13. The second-order valence-corrected chi connectivity index (χ2v) is 5.46. The lowest BCUT2D eigenvalue weighted by Crippen LogP contribution is -2.02. The number of furan rings is 1. The van der Waals surface area contributed by atoms with Crippen LogP contribution in [0.4, 0.5) is 11.4 Å². The first-order chi connectivity index (χ1) is 11.0. The molecule has 0 atom stereocenters. The SMILES string of the molecule is Nc1c(OCc2cc(-c3ccco3)on2)cc(Br)cc1[N+](=O)[O-]. The number of aromatic nitrogens is 1. The standard InChI is InChI=1S/C14H10BrN3O5/c15-8-4-10(18(19)20)14(16)13(5-8)22-7-9-6-12(23-17-9)11-2-1-3-21-11/h1-6H,7,16H2. The number of benzene rings is 1. The van der Waals surface area contributed by atoms with E-state index in [4.69, 9.17) is 19.4 Å². The van der Waals surface area contributed by atoms with Crippen LogP contribution in [0.25, 0.3) is 11.5 Å². The molecule has 2 N–H and O–H groups in total. The highest BCUT2D eigenvalue weighted by atomic mass is 79.9. The molecule has 0 saturated carbocycles. The van der Waals surface area contributed by atoms with Gasteiger partial charge in [0.1, 0.15) is 12.3 Å². The molecule has 23 heavy (non-hydrogen) atoms. The molecule has 0 unspecified atom stereocenters. The normalized spacial score (nSPS) is 10.7. The first-order valence-corrected chi connectivity index (χ1v) is 7.19. The van der Waals surface area contributed by atoms with Crippen molar-refractivity contribution < 1.29 is 18.6 Å². The van der Waals surface area contributed by atoms with Crippen molar-refractivity contribution in [1.82, 2.24) is 5.16 Å². The monoisotopic (exact) mass is 379 g/mol. The zero-order valence-corrected chi connectivity index (χ0v) is 13.1. The van der Waals surface area contributed by atoms with Crippen LogP contribution in [0, 0.1) is 10.1 Å². The van der Waals surface area contributed by atoms with Gasteiger partial charge < -0.3 is 19.4 Å². The molecule has 3 aromatic rings. The van der Waals surface area contributed by atoms with Crippen LogP contribution in [0.3, 0.4) is 0 Å². The fourth-order valence-electron chi connectivity index (χ4n) is 1.92. The lowest BCUT2D eigenvalue weighted by atomic mass is 10.2. The predicted molar refractivity (Wildman–Crippen MR) is 83.7 cm³/mol. The van der Waals surface area contributed by atoms with Crippen LogP contribution >= 0.6 is 15.9 Å². The van der Waals surface area contributed by atoms with Crippen molar-refractivity contribution >= 4 is 27.3 Å². The topological polar surface area (TPSA) is 118 Å². The maximum atomic E-state index is 10.9. The average molecular weight is 380 g/mol. The van der Waals surface area contributed by atoms with Crippen molar-refractivity contribution in [1.29, 1.82) is 0 Å². The minimum atomic E-state index is -0.571. The molecule has 0 aliphatic carbocycles. The molecule has 118 valence electrons. The quantitative estimate of drug-likeness (QED) is 0.407. The first kappa shape index (κ1) is 15.1. The highest BCUT2D eigenvalue weighted by molar-refractivity contribution is 9.10. The molecular weight excluding hydrogens is 370 g/mol. The van der Waals surface area contributed by atoms with E-state index in [1.54, 1.807) is 24.3 Å². The Morgan fingerprint density at radius 1 is 1.35 bits per heavy atom. The average Bonchev–Trinajstić information content (AvgIpc) is 3.17. The van der Waals surface area contributed by atoms with Crippen LogP contribution in [-0.2, 0) is 6.61 Å². The molecule has 0 saturated heterocycles. The molecule has 0 aliphatic rings. The van der Waals surface area contributed by atoms with E-state index in [1.807, 2.05) is 0 Å². The van der Waals surface area contributed by atoms with Crippen LogP contribution in [-0.4, -0.2) is 10.1 Å². The van der Waals surface area contributed by atoms with Crippen molar-refractivity contribution in [3.05, 3.63) is 56.9 Å². The lowest BCUT2D eigenvalue weighted by Gasteiger charge is -2.08. The molecule has 0 bridgehead atoms. The number of hydrogen-bond acceptors (Lipinski definition) is 7. The number of nitrogens with two attached hydrogens (primary N) is 1. The summed E-state index contributed by atoms with van der Waals surface area (Å²) in [5, 5.41) is 14.8. The Kier molecular flexibility index (Phi) is 4.02. The molecule has 2 aromatic heterocycles. The summed E-state index contributed by atoms with van der Waals surface area (Å²) in [6.45, 7) is 0.0437. The Balaban J connectivity index is 1.77. The number of nitrogens with zero attached hydrogens (tertiary/aromatic N) is 2. The Morgan fingerprint density at radius 3 is 2.87 bits per heavy atom. The molecule has 0 radical (unpaired) electrons. The van der Waals surface area contributed by atoms with Crippen molar-refractivity contribution in [2.75, 3.05) is 5.73 Å². The molecule has 0 fully saturated rings. The van der Waals surface area contributed by atoms with Gasteiger partial charge in [0.2, 0.25) is 5.76 Å². The third kappa shape index (κ3) is 3.19. The van der Waals surface area contributed by atoms with Gasteiger partial charge in [-0.25, -0.2) is 0 Å². The summed E-state index contributed by atoms with van der Waals surface area (Å²) in [7, 11) is 0. The van der Waals surface area contributed by atoms with Gasteiger partial charge in [-0.3, -0.25) is 10.1 Å². The van der Waals surface area contributed by atoms with Gasteiger partial charge in [0, 0.05) is 16.6 Å². The fraction of sp³-hybridized carbons (Fsp3) is 0.0714. The third-order valence-electron chi connectivity index (χ3n) is 2.98. The smallest absolute Gasteiger partial charge is 0.297 e. The fourth-order valence-corrected chi connectivity index (χ4v) is 2.34. The van der Waals surface area contributed by atoms with E-state index >= 15 is 0 Å². The van der Waals surface area contributed by atoms with Gasteiger partial charge in [-0.2, -0.15) is 0 Å². The summed E-state index contributed by atoms with van der Waals surface area (Å²) in [5.41, 5.74) is 5.97. The lowest BCUT2D eigenvalue weighted by molar-refractivity contribution is -0.384. The van der Waals surface area contributed by atoms with Gasteiger partial charge in [0.15, 0.2) is 17.2 Å². The Bertz CT molecular complexity index is 844. The van der Waals surface area contributed by atoms with E-state index < -0.39 is 4.92 Å². The molecular formula is C14H10BrN3O5. The summed E-state index contributed by atoms with van der Waals surface area (Å²) >= 11 is 3.19. The minimum absolute atomic E-state index is 0.0437. The van der Waals surface area contributed by atoms with Gasteiger partial charge >= 0.3 is 0 Å². The minimum Gasteiger partial charge on any atom is -0.485 e. The highest BCUT2D eigenvalue weighted by Gasteiger charge is 2.18. The number of nitrogen functional groups attached to an aromatic ring is 1. The number of hydrogen-bond donors (Lipinski definition) is 1. The van der Waals surface area contributed by atoms with E-state index in [1.165, 1.54) is 12.3 Å². The number of anilines is 1. The van der Waals surface area contributed by atoms with Gasteiger partial charge in [0.05, 0.1) is 11.2 Å². The Labute approximate surface area is 138 Å². The predicted octanol–water partition coefficient (Wildman–Crippen LogP) is 3.77.